The number of amides is 1. The van der Waals surface area contributed by atoms with Gasteiger partial charge < -0.3 is 10.6 Å². The third kappa shape index (κ3) is 2.67. The van der Waals surface area contributed by atoms with Crippen molar-refractivity contribution in [1.82, 2.24) is 19.9 Å². The number of aryl methyl sites for hydroxylation is 1. The van der Waals surface area contributed by atoms with E-state index in [9.17, 15) is 4.79 Å². The molecule has 0 radical (unpaired) electrons. The molecule has 2 N–H and O–H groups in total. The first kappa shape index (κ1) is 13.8. The third-order valence-corrected chi connectivity index (χ3v) is 3.92. The van der Waals surface area contributed by atoms with Crippen molar-refractivity contribution >= 4 is 5.91 Å². The zero-order chi connectivity index (χ0) is 14.8. The SMILES string of the molecule is Cc1ccc(-n2cc(C(=O)N3CCC[C@@H]3CN)nn2)cc1. The van der Waals surface area contributed by atoms with Crippen LogP contribution in [0, 0.1) is 6.92 Å². The summed E-state index contributed by atoms with van der Waals surface area (Å²) in [6.07, 6.45) is 3.65. The van der Waals surface area contributed by atoms with Crippen LogP contribution in [0.3, 0.4) is 0 Å². The van der Waals surface area contributed by atoms with Crippen molar-refractivity contribution in [3.8, 4) is 5.69 Å². The van der Waals surface area contributed by atoms with Gasteiger partial charge in [0.2, 0.25) is 0 Å². The van der Waals surface area contributed by atoms with Crippen molar-refractivity contribution < 1.29 is 4.79 Å². The standard InChI is InChI=1S/C15H19N5O/c1-11-4-6-12(7-5-11)20-10-14(17-18-20)15(21)19-8-2-3-13(19)9-16/h4-7,10,13H,2-3,8-9,16H2,1H3/t13-/m1/s1. The molecule has 1 aromatic heterocycles. The van der Waals surface area contributed by atoms with Crippen LogP contribution in [0.1, 0.15) is 28.9 Å². The summed E-state index contributed by atoms with van der Waals surface area (Å²) in [5.74, 6) is -0.0821. The maximum atomic E-state index is 12.5. The Labute approximate surface area is 123 Å². The number of hydrogen-bond donors (Lipinski definition) is 1. The van der Waals surface area contributed by atoms with Gasteiger partial charge in [0.25, 0.3) is 5.91 Å². The van der Waals surface area contributed by atoms with Crippen LogP contribution in [-0.2, 0) is 0 Å². The quantitative estimate of drug-likeness (QED) is 0.917. The summed E-state index contributed by atoms with van der Waals surface area (Å²) in [6, 6.07) is 8.04. The van der Waals surface area contributed by atoms with E-state index in [4.69, 9.17) is 5.73 Å². The smallest absolute Gasteiger partial charge is 0.276 e. The molecule has 2 heterocycles. The van der Waals surface area contributed by atoms with Crippen LogP contribution in [0.25, 0.3) is 5.69 Å². The Bertz CT molecular complexity index is 634. The molecular formula is C15H19N5O. The van der Waals surface area contributed by atoms with Gasteiger partial charge in [0, 0.05) is 19.1 Å². The summed E-state index contributed by atoms with van der Waals surface area (Å²) < 4.78 is 1.63. The van der Waals surface area contributed by atoms with E-state index < -0.39 is 0 Å². The molecule has 3 rings (SSSR count). The molecule has 1 aromatic carbocycles. The number of likely N-dealkylation sites (tertiary alicyclic amines) is 1. The average molecular weight is 285 g/mol. The fraction of sp³-hybridized carbons (Fsp3) is 0.400. The van der Waals surface area contributed by atoms with Crippen molar-refractivity contribution in [3.05, 3.63) is 41.7 Å². The molecule has 1 saturated heterocycles. The molecule has 110 valence electrons. The van der Waals surface area contributed by atoms with Crippen molar-refractivity contribution in [1.29, 1.82) is 0 Å². The van der Waals surface area contributed by atoms with E-state index in [0.29, 0.717) is 12.2 Å². The van der Waals surface area contributed by atoms with Crippen LogP contribution in [0.5, 0.6) is 0 Å². The molecule has 1 amide bonds. The lowest BCUT2D eigenvalue weighted by Crippen LogP contribution is -2.40. The van der Waals surface area contributed by atoms with Crippen molar-refractivity contribution in [3.63, 3.8) is 0 Å². The minimum Gasteiger partial charge on any atom is -0.333 e. The summed E-state index contributed by atoms with van der Waals surface area (Å²) >= 11 is 0. The number of nitrogens with two attached hydrogens (primary N) is 1. The van der Waals surface area contributed by atoms with Crippen molar-refractivity contribution in [2.45, 2.75) is 25.8 Å². The zero-order valence-electron chi connectivity index (χ0n) is 12.1. The highest BCUT2D eigenvalue weighted by Crippen LogP contribution is 2.19. The average Bonchev–Trinajstić information content (AvgIpc) is 3.16. The number of aromatic nitrogens is 3. The Hall–Kier alpha value is -2.21. The topological polar surface area (TPSA) is 77.0 Å². The number of hydrogen-bond acceptors (Lipinski definition) is 4. The van der Waals surface area contributed by atoms with E-state index in [1.54, 1.807) is 10.9 Å². The number of benzene rings is 1. The molecule has 1 atom stereocenters. The van der Waals surface area contributed by atoms with Gasteiger partial charge in [-0.1, -0.05) is 22.9 Å². The van der Waals surface area contributed by atoms with Gasteiger partial charge in [0.1, 0.15) is 0 Å². The molecule has 21 heavy (non-hydrogen) atoms. The number of nitrogens with zero attached hydrogens (tertiary/aromatic N) is 4. The summed E-state index contributed by atoms with van der Waals surface area (Å²) in [6.45, 7) is 3.27. The molecule has 0 aliphatic carbocycles. The van der Waals surface area contributed by atoms with E-state index in [1.165, 1.54) is 5.56 Å². The van der Waals surface area contributed by atoms with Crippen LogP contribution in [0.15, 0.2) is 30.5 Å². The summed E-state index contributed by atoms with van der Waals surface area (Å²) in [5.41, 5.74) is 8.16. The van der Waals surface area contributed by atoms with Gasteiger partial charge in [-0.05, 0) is 31.9 Å². The molecular weight excluding hydrogens is 266 g/mol. The highest BCUT2D eigenvalue weighted by atomic mass is 16.2. The monoisotopic (exact) mass is 285 g/mol. The summed E-state index contributed by atoms with van der Waals surface area (Å²) in [4.78, 5) is 14.3. The second kappa shape index (κ2) is 5.65. The first-order valence-corrected chi connectivity index (χ1v) is 7.19. The molecule has 6 heteroatoms. The second-order valence-corrected chi connectivity index (χ2v) is 5.41. The van der Waals surface area contributed by atoms with Gasteiger partial charge in [-0.2, -0.15) is 0 Å². The Morgan fingerprint density at radius 1 is 1.38 bits per heavy atom. The van der Waals surface area contributed by atoms with Gasteiger partial charge in [-0.3, -0.25) is 4.79 Å². The largest absolute Gasteiger partial charge is 0.333 e. The lowest BCUT2D eigenvalue weighted by molar-refractivity contribution is 0.0735. The fourth-order valence-corrected chi connectivity index (χ4v) is 2.68. The van der Waals surface area contributed by atoms with Gasteiger partial charge in [-0.25, -0.2) is 4.68 Å². The van der Waals surface area contributed by atoms with Gasteiger partial charge in [0.05, 0.1) is 11.9 Å². The molecule has 2 aromatic rings. The predicted molar refractivity (Wildman–Crippen MR) is 79.2 cm³/mol. The van der Waals surface area contributed by atoms with Crippen LogP contribution >= 0.6 is 0 Å². The lowest BCUT2D eigenvalue weighted by atomic mass is 10.2. The van der Waals surface area contributed by atoms with E-state index in [0.717, 1.165) is 25.1 Å². The Kier molecular flexibility index (Phi) is 3.70. The van der Waals surface area contributed by atoms with E-state index in [-0.39, 0.29) is 11.9 Å². The van der Waals surface area contributed by atoms with Crippen LogP contribution in [-0.4, -0.2) is 44.9 Å². The predicted octanol–water partition coefficient (Wildman–Crippen LogP) is 1.14. The molecule has 1 aliphatic heterocycles. The van der Waals surface area contributed by atoms with Crippen LogP contribution in [0.4, 0.5) is 0 Å². The van der Waals surface area contributed by atoms with Gasteiger partial charge in [0.15, 0.2) is 5.69 Å². The highest BCUT2D eigenvalue weighted by molar-refractivity contribution is 5.92. The minimum atomic E-state index is -0.0821. The highest BCUT2D eigenvalue weighted by Gasteiger charge is 2.29. The molecule has 0 saturated carbocycles. The zero-order valence-corrected chi connectivity index (χ0v) is 12.1. The van der Waals surface area contributed by atoms with Gasteiger partial charge in [-0.15, -0.1) is 5.10 Å². The molecule has 1 fully saturated rings. The van der Waals surface area contributed by atoms with E-state index >= 15 is 0 Å². The van der Waals surface area contributed by atoms with E-state index in [2.05, 4.69) is 10.3 Å². The van der Waals surface area contributed by atoms with Gasteiger partial charge >= 0.3 is 0 Å². The number of carbonyl (C=O) groups is 1. The van der Waals surface area contributed by atoms with Crippen molar-refractivity contribution in [2.24, 2.45) is 5.73 Å². The van der Waals surface area contributed by atoms with Crippen LogP contribution in [0.2, 0.25) is 0 Å². The van der Waals surface area contributed by atoms with Crippen molar-refractivity contribution in [2.75, 3.05) is 13.1 Å². The number of carbonyl (C=O) groups excluding carboxylic acids is 1. The molecule has 0 bridgehead atoms. The lowest BCUT2D eigenvalue weighted by Gasteiger charge is -2.22. The summed E-state index contributed by atoms with van der Waals surface area (Å²) in [5, 5.41) is 8.06. The molecule has 6 nitrogen and oxygen atoms in total. The molecule has 0 unspecified atom stereocenters. The fourth-order valence-electron chi connectivity index (χ4n) is 2.68. The normalized spacial score (nSPS) is 18.2. The Balaban J connectivity index is 1.81. The molecule has 1 aliphatic rings. The van der Waals surface area contributed by atoms with Crippen LogP contribution < -0.4 is 5.73 Å². The Morgan fingerprint density at radius 2 is 2.14 bits per heavy atom. The maximum Gasteiger partial charge on any atom is 0.276 e. The van der Waals surface area contributed by atoms with E-state index in [1.807, 2.05) is 36.1 Å². The first-order chi connectivity index (χ1) is 10.2. The maximum absolute atomic E-state index is 12.5. The second-order valence-electron chi connectivity index (χ2n) is 5.41. The minimum absolute atomic E-state index is 0.0821. The summed E-state index contributed by atoms with van der Waals surface area (Å²) in [7, 11) is 0. The third-order valence-electron chi connectivity index (χ3n) is 3.92. The number of rotatable bonds is 3. The first-order valence-electron chi connectivity index (χ1n) is 7.19. The molecule has 0 spiro atoms. The Morgan fingerprint density at radius 3 is 2.86 bits per heavy atom.